The zero-order valence-corrected chi connectivity index (χ0v) is 26.7. The average Bonchev–Trinajstić information content (AvgIpc) is 2.74. The minimum absolute atomic E-state index is 0.150. The van der Waals surface area contributed by atoms with Crippen molar-refractivity contribution in [3.05, 3.63) is 48.0 Å². The fourth-order valence-electron chi connectivity index (χ4n) is 4.59. The standard InChI is InChI=1S/C17H27OSi.3C4H9.Sn/c1-14(2)13-16(15-11-9-8-10-12-15)18-19(6,7)17(3,4)5;3*1-3-4-2;/h8-12,16H,1-2,13H2,3-7H3;3*1,3-4H2,2H3;. The van der Waals surface area contributed by atoms with Gasteiger partial charge in [-0.25, -0.2) is 0 Å². The SMILES string of the molecule is C=C(CC(O[Si](C)(C)C(C)(C)C)c1ccccc1)[CH2][Sn]([CH2]CCC)([CH2]CCC)[CH2]CCC. The summed E-state index contributed by atoms with van der Waals surface area (Å²) >= 11 is -2.23. The third-order valence-corrected chi connectivity index (χ3v) is 27.9. The van der Waals surface area contributed by atoms with Crippen LogP contribution in [-0.2, 0) is 4.43 Å². The van der Waals surface area contributed by atoms with E-state index in [0.29, 0.717) is 0 Å². The summed E-state index contributed by atoms with van der Waals surface area (Å²) in [6.45, 7) is 23.6. The van der Waals surface area contributed by atoms with Gasteiger partial charge in [-0.3, -0.25) is 0 Å². The van der Waals surface area contributed by atoms with Crippen LogP contribution in [-0.4, -0.2) is 26.7 Å². The first-order chi connectivity index (χ1) is 15.0. The van der Waals surface area contributed by atoms with Crippen LogP contribution in [0.2, 0.25) is 35.9 Å². The van der Waals surface area contributed by atoms with Crippen LogP contribution < -0.4 is 0 Å². The second kappa shape index (κ2) is 14.4. The molecule has 1 nitrogen and oxygen atoms in total. The second-order valence-electron chi connectivity index (χ2n) is 11.7. The molecule has 0 radical (unpaired) electrons. The van der Waals surface area contributed by atoms with E-state index in [1.807, 2.05) is 0 Å². The van der Waals surface area contributed by atoms with Crippen molar-refractivity contribution in [3.8, 4) is 0 Å². The van der Waals surface area contributed by atoms with Gasteiger partial charge in [0, 0.05) is 0 Å². The Morgan fingerprint density at radius 2 is 1.38 bits per heavy atom. The van der Waals surface area contributed by atoms with Crippen molar-refractivity contribution < 1.29 is 4.43 Å². The number of benzene rings is 1. The van der Waals surface area contributed by atoms with Crippen LogP contribution in [0.4, 0.5) is 0 Å². The maximum atomic E-state index is 7.02. The van der Waals surface area contributed by atoms with Crippen molar-refractivity contribution in [1.29, 1.82) is 0 Å². The number of unbranched alkanes of at least 4 members (excludes halogenated alkanes) is 3. The van der Waals surface area contributed by atoms with E-state index in [1.165, 1.54) is 54.1 Å². The van der Waals surface area contributed by atoms with Gasteiger partial charge in [-0.15, -0.1) is 0 Å². The molecule has 1 aromatic rings. The zero-order valence-electron chi connectivity index (χ0n) is 22.9. The zero-order chi connectivity index (χ0) is 24.3. The Balaban J connectivity index is 3.11. The van der Waals surface area contributed by atoms with Gasteiger partial charge in [0.15, 0.2) is 0 Å². The quantitative estimate of drug-likeness (QED) is 0.143. The molecule has 0 aliphatic heterocycles. The fourth-order valence-corrected chi connectivity index (χ4v) is 22.4. The molecule has 1 rings (SSSR count). The summed E-state index contributed by atoms with van der Waals surface area (Å²) in [5.74, 6) is 0. The summed E-state index contributed by atoms with van der Waals surface area (Å²) < 4.78 is 13.1. The molecular formula is C29H54OSiSn. The first-order valence-corrected chi connectivity index (χ1v) is 24.4. The van der Waals surface area contributed by atoms with E-state index >= 15 is 0 Å². The Morgan fingerprint density at radius 3 is 1.78 bits per heavy atom. The second-order valence-corrected chi connectivity index (χ2v) is 30.3. The van der Waals surface area contributed by atoms with Gasteiger partial charge < -0.3 is 0 Å². The molecule has 1 atom stereocenters. The number of hydrogen-bond donors (Lipinski definition) is 0. The maximum absolute atomic E-state index is 7.02. The third kappa shape index (κ3) is 10.1. The molecule has 0 amide bonds. The van der Waals surface area contributed by atoms with Gasteiger partial charge in [-0.2, -0.15) is 0 Å². The van der Waals surface area contributed by atoms with Gasteiger partial charge in [0.1, 0.15) is 0 Å². The molecule has 3 heteroatoms. The molecule has 1 aromatic carbocycles. The molecule has 0 N–H and O–H groups in total. The average molecular weight is 566 g/mol. The van der Waals surface area contributed by atoms with Gasteiger partial charge in [-0.05, 0) is 0 Å². The predicted molar refractivity (Wildman–Crippen MR) is 151 cm³/mol. The van der Waals surface area contributed by atoms with Gasteiger partial charge in [0.2, 0.25) is 0 Å². The van der Waals surface area contributed by atoms with Gasteiger partial charge in [0.25, 0.3) is 0 Å². The molecule has 0 bridgehead atoms. The first kappa shape index (κ1) is 30.0. The Bertz CT molecular complexity index is 625. The van der Waals surface area contributed by atoms with Gasteiger partial charge >= 0.3 is 208 Å². The molecule has 184 valence electrons. The Kier molecular flexibility index (Phi) is 13.4. The minimum atomic E-state index is -2.23. The molecule has 0 aliphatic rings. The molecule has 0 spiro atoms. The summed E-state index contributed by atoms with van der Waals surface area (Å²) in [5, 5.41) is 0.216. The molecule has 0 aliphatic carbocycles. The summed E-state index contributed by atoms with van der Waals surface area (Å²) in [6.07, 6.45) is 9.45. The summed E-state index contributed by atoms with van der Waals surface area (Å²) in [7, 11) is -1.86. The summed E-state index contributed by atoms with van der Waals surface area (Å²) in [4.78, 5) is 0. The van der Waals surface area contributed by atoms with Crippen LogP contribution >= 0.6 is 0 Å². The van der Waals surface area contributed by atoms with E-state index in [1.54, 1.807) is 13.3 Å². The molecular weight excluding hydrogens is 511 g/mol. The van der Waals surface area contributed by atoms with E-state index in [-0.39, 0.29) is 11.1 Å². The van der Waals surface area contributed by atoms with Crippen LogP contribution in [0.15, 0.2) is 42.5 Å². The van der Waals surface area contributed by atoms with Crippen molar-refractivity contribution in [2.45, 2.75) is 128 Å². The van der Waals surface area contributed by atoms with Crippen molar-refractivity contribution in [1.82, 2.24) is 0 Å². The van der Waals surface area contributed by atoms with Crippen molar-refractivity contribution in [2.75, 3.05) is 0 Å². The fraction of sp³-hybridized carbons (Fsp3) is 0.724. The Morgan fingerprint density at radius 1 is 0.906 bits per heavy atom. The van der Waals surface area contributed by atoms with Crippen molar-refractivity contribution >= 4 is 26.7 Å². The van der Waals surface area contributed by atoms with Crippen molar-refractivity contribution in [2.24, 2.45) is 0 Å². The molecule has 0 saturated carbocycles. The monoisotopic (exact) mass is 566 g/mol. The Hall–Kier alpha value is -0.0644. The van der Waals surface area contributed by atoms with E-state index in [2.05, 4.69) is 85.0 Å². The van der Waals surface area contributed by atoms with E-state index in [9.17, 15) is 0 Å². The van der Waals surface area contributed by atoms with Crippen LogP contribution in [0.3, 0.4) is 0 Å². The van der Waals surface area contributed by atoms with Gasteiger partial charge in [-0.1, -0.05) is 0 Å². The van der Waals surface area contributed by atoms with Crippen LogP contribution in [0.25, 0.3) is 0 Å². The van der Waals surface area contributed by atoms with Crippen molar-refractivity contribution in [3.63, 3.8) is 0 Å². The molecule has 32 heavy (non-hydrogen) atoms. The molecule has 0 saturated heterocycles. The van der Waals surface area contributed by atoms with Gasteiger partial charge in [0.05, 0.1) is 0 Å². The number of hydrogen-bond acceptors (Lipinski definition) is 1. The van der Waals surface area contributed by atoms with Crippen LogP contribution in [0, 0.1) is 0 Å². The van der Waals surface area contributed by atoms with E-state index in [4.69, 9.17) is 11.0 Å². The predicted octanol–water partition coefficient (Wildman–Crippen LogP) is 10.5. The molecule has 0 heterocycles. The first-order valence-electron chi connectivity index (χ1n) is 13.4. The number of rotatable bonds is 16. The summed E-state index contributed by atoms with van der Waals surface area (Å²) in [5.41, 5.74) is 2.81. The van der Waals surface area contributed by atoms with E-state index in [0.717, 1.165) is 6.42 Å². The Labute approximate surface area is 206 Å². The topological polar surface area (TPSA) is 9.23 Å². The van der Waals surface area contributed by atoms with Crippen LogP contribution in [0.5, 0.6) is 0 Å². The normalized spacial score (nSPS) is 13.9. The molecule has 1 unspecified atom stereocenters. The van der Waals surface area contributed by atoms with E-state index < -0.39 is 26.7 Å². The third-order valence-electron chi connectivity index (χ3n) is 7.70. The molecule has 0 fully saturated rings. The summed E-state index contributed by atoms with van der Waals surface area (Å²) in [6, 6.07) is 10.9. The van der Waals surface area contributed by atoms with Crippen LogP contribution in [0.1, 0.15) is 98.2 Å². The molecule has 0 aromatic heterocycles.